The summed E-state index contributed by atoms with van der Waals surface area (Å²) in [4.78, 5) is 28.1. The van der Waals surface area contributed by atoms with Crippen LogP contribution in [0.5, 0.6) is 11.5 Å². The van der Waals surface area contributed by atoms with Crippen molar-refractivity contribution in [2.45, 2.75) is 13.5 Å². The molecule has 0 spiro atoms. The lowest BCUT2D eigenvalue weighted by atomic mass is 10.0. The molecule has 1 heterocycles. The van der Waals surface area contributed by atoms with E-state index in [9.17, 15) is 14.0 Å². The van der Waals surface area contributed by atoms with E-state index in [0.717, 1.165) is 4.90 Å². The largest absolute Gasteiger partial charge is 0.496 e. The lowest BCUT2D eigenvalue weighted by Gasteiger charge is -2.16. The number of hydrogen-bond donors (Lipinski definition) is 1. The Morgan fingerprint density at radius 2 is 1.55 bits per heavy atom. The van der Waals surface area contributed by atoms with Gasteiger partial charge in [-0.15, -0.1) is 0 Å². The topological polar surface area (TPSA) is 67.9 Å². The fourth-order valence-electron chi connectivity index (χ4n) is 3.69. The Labute approximate surface area is 191 Å². The molecular weight excluding hydrogens is 423 g/mol. The van der Waals surface area contributed by atoms with E-state index in [1.54, 1.807) is 48.5 Å². The molecule has 33 heavy (non-hydrogen) atoms. The number of methoxy groups -OCH3 is 1. The molecule has 0 aromatic heterocycles. The van der Waals surface area contributed by atoms with Crippen LogP contribution >= 0.6 is 0 Å². The van der Waals surface area contributed by atoms with Gasteiger partial charge in [-0.1, -0.05) is 42.5 Å². The Morgan fingerprint density at radius 1 is 0.879 bits per heavy atom. The zero-order chi connectivity index (χ0) is 23.4. The van der Waals surface area contributed by atoms with Crippen molar-refractivity contribution in [1.82, 2.24) is 4.90 Å². The van der Waals surface area contributed by atoms with Gasteiger partial charge in [-0.25, -0.2) is 4.39 Å². The van der Waals surface area contributed by atoms with Gasteiger partial charge in [0.15, 0.2) is 0 Å². The zero-order valence-corrected chi connectivity index (χ0v) is 18.3. The molecule has 0 unspecified atom stereocenters. The molecule has 0 aliphatic carbocycles. The van der Waals surface area contributed by atoms with Gasteiger partial charge in [0, 0.05) is 5.56 Å². The molecule has 168 valence electrons. The summed E-state index contributed by atoms with van der Waals surface area (Å²) in [6, 6.07) is 19.9. The van der Waals surface area contributed by atoms with Crippen LogP contribution in [0.2, 0.25) is 0 Å². The minimum absolute atomic E-state index is 0.00881. The van der Waals surface area contributed by atoms with Crippen LogP contribution in [0.1, 0.15) is 18.1 Å². The van der Waals surface area contributed by atoms with Crippen molar-refractivity contribution in [1.29, 1.82) is 0 Å². The molecule has 0 atom stereocenters. The van der Waals surface area contributed by atoms with E-state index in [1.807, 2.05) is 19.1 Å². The molecule has 0 bridgehead atoms. The van der Waals surface area contributed by atoms with Gasteiger partial charge in [-0.3, -0.25) is 14.5 Å². The number of carbonyl (C=O) groups excluding carboxylic acids is 2. The number of amides is 2. The SMILES string of the molecule is CCOc1ccccc1NC1=C(c2ccccc2OC)C(=O)N(Cc2ccc(F)cc2)C1=O. The highest BCUT2D eigenvalue weighted by molar-refractivity contribution is 6.37. The van der Waals surface area contributed by atoms with Crippen molar-refractivity contribution in [3.05, 3.63) is 95.4 Å². The van der Waals surface area contributed by atoms with E-state index >= 15 is 0 Å². The van der Waals surface area contributed by atoms with E-state index in [0.29, 0.717) is 34.9 Å². The van der Waals surface area contributed by atoms with Gasteiger partial charge in [0.2, 0.25) is 0 Å². The third-order valence-electron chi connectivity index (χ3n) is 5.24. The first-order valence-electron chi connectivity index (χ1n) is 10.5. The predicted octanol–water partition coefficient (Wildman–Crippen LogP) is 4.63. The highest BCUT2D eigenvalue weighted by atomic mass is 19.1. The second-order valence-corrected chi connectivity index (χ2v) is 7.33. The summed E-state index contributed by atoms with van der Waals surface area (Å²) in [6.07, 6.45) is 0. The van der Waals surface area contributed by atoms with E-state index in [4.69, 9.17) is 9.47 Å². The predicted molar refractivity (Wildman–Crippen MR) is 123 cm³/mol. The van der Waals surface area contributed by atoms with Gasteiger partial charge in [0.25, 0.3) is 11.8 Å². The third kappa shape index (κ3) is 4.43. The minimum atomic E-state index is -0.489. The lowest BCUT2D eigenvalue weighted by molar-refractivity contribution is -0.137. The number of para-hydroxylation sites is 3. The molecule has 1 aliphatic rings. The quantitative estimate of drug-likeness (QED) is 0.511. The highest BCUT2D eigenvalue weighted by Crippen LogP contribution is 2.37. The molecule has 1 aliphatic heterocycles. The van der Waals surface area contributed by atoms with E-state index in [1.165, 1.54) is 19.2 Å². The normalized spacial score (nSPS) is 13.5. The zero-order valence-electron chi connectivity index (χ0n) is 18.3. The molecule has 3 aromatic rings. The Morgan fingerprint density at radius 3 is 2.24 bits per heavy atom. The Bertz CT molecular complexity index is 1220. The summed E-state index contributed by atoms with van der Waals surface area (Å²) < 4.78 is 24.5. The van der Waals surface area contributed by atoms with Crippen LogP contribution in [0, 0.1) is 5.82 Å². The van der Waals surface area contributed by atoms with E-state index in [2.05, 4.69) is 5.32 Å². The van der Waals surface area contributed by atoms with Crippen molar-refractivity contribution in [3.8, 4) is 11.5 Å². The smallest absolute Gasteiger partial charge is 0.278 e. The highest BCUT2D eigenvalue weighted by Gasteiger charge is 2.40. The standard InChI is InChI=1S/C26H23FN2O4/c1-3-33-22-11-7-5-9-20(22)28-24-23(19-8-4-6-10-21(19)32-2)25(30)29(26(24)31)16-17-12-14-18(27)15-13-17/h4-15,28H,3,16H2,1-2H3. The van der Waals surface area contributed by atoms with Crippen LogP contribution in [0.3, 0.4) is 0 Å². The first kappa shape index (κ1) is 22.1. The van der Waals surface area contributed by atoms with E-state index < -0.39 is 11.8 Å². The number of ether oxygens (including phenoxy) is 2. The second-order valence-electron chi connectivity index (χ2n) is 7.33. The molecule has 0 radical (unpaired) electrons. The molecule has 0 saturated heterocycles. The molecule has 7 heteroatoms. The van der Waals surface area contributed by atoms with Gasteiger partial charge >= 0.3 is 0 Å². The van der Waals surface area contributed by atoms with Crippen LogP contribution in [0.25, 0.3) is 5.57 Å². The lowest BCUT2D eigenvalue weighted by Crippen LogP contribution is -2.32. The fourth-order valence-corrected chi connectivity index (χ4v) is 3.69. The van der Waals surface area contributed by atoms with Gasteiger partial charge in [0.05, 0.1) is 31.5 Å². The minimum Gasteiger partial charge on any atom is -0.496 e. The van der Waals surface area contributed by atoms with Gasteiger partial charge in [-0.05, 0) is 42.8 Å². The van der Waals surface area contributed by atoms with Crippen LogP contribution < -0.4 is 14.8 Å². The average molecular weight is 446 g/mol. The number of rotatable bonds is 8. The van der Waals surface area contributed by atoms with E-state index in [-0.39, 0.29) is 23.6 Å². The summed E-state index contributed by atoms with van der Waals surface area (Å²) >= 11 is 0. The Kier molecular flexibility index (Phi) is 6.40. The van der Waals surface area contributed by atoms with Crippen LogP contribution in [0.4, 0.5) is 10.1 Å². The number of imide groups is 1. The summed E-state index contributed by atoms with van der Waals surface area (Å²) in [6.45, 7) is 2.32. The maximum absolute atomic E-state index is 13.5. The van der Waals surface area contributed by atoms with Crippen LogP contribution in [-0.2, 0) is 16.1 Å². The van der Waals surface area contributed by atoms with Gasteiger partial charge in [-0.2, -0.15) is 0 Å². The van der Waals surface area contributed by atoms with Crippen LogP contribution in [0.15, 0.2) is 78.5 Å². The fraction of sp³-hybridized carbons (Fsp3) is 0.154. The molecule has 2 amide bonds. The number of hydrogen-bond acceptors (Lipinski definition) is 5. The molecule has 3 aromatic carbocycles. The number of carbonyl (C=O) groups is 2. The van der Waals surface area contributed by atoms with Crippen molar-refractivity contribution in [3.63, 3.8) is 0 Å². The van der Waals surface area contributed by atoms with Gasteiger partial charge < -0.3 is 14.8 Å². The third-order valence-corrected chi connectivity index (χ3v) is 5.24. The number of nitrogens with zero attached hydrogens (tertiary/aromatic N) is 1. The molecule has 0 fully saturated rings. The Hall–Kier alpha value is -4.13. The Balaban J connectivity index is 1.79. The number of nitrogens with one attached hydrogen (secondary N) is 1. The number of halogens is 1. The van der Waals surface area contributed by atoms with Crippen molar-refractivity contribution in [2.75, 3.05) is 19.0 Å². The van der Waals surface area contributed by atoms with Crippen molar-refractivity contribution >= 4 is 23.1 Å². The van der Waals surface area contributed by atoms with Crippen molar-refractivity contribution in [2.24, 2.45) is 0 Å². The average Bonchev–Trinajstić information content (AvgIpc) is 3.06. The number of anilines is 1. The van der Waals surface area contributed by atoms with Crippen LogP contribution in [-0.4, -0.2) is 30.4 Å². The molecule has 4 rings (SSSR count). The maximum Gasteiger partial charge on any atom is 0.278 e. The summed E-state index contributed by atoms with van der Waals surface area (Å²) in [5.74, 6) is -0.318. The first-order valence-corrected chi connectivity index (χ1v) is 10.5. The van der Waals surface area contributed by atoms with Crippen molar-refractivity contribution < 1.29 is 23.5 Å². The summed E-state index contributed by atoms with van der Waals surface area (Å²) in [5.41, 5.74) is 2.01. The van der Waals surface area contributed by atoms with Gasteiger partial charge in [0.1, 0.15) is 23.0 Å². The molecular formula is C26H23FN2O4. The summed E-state index contributed by atoms with van der Waals surface area (Å²) in [5, 5.41) is 3.13. The molecule has 6 nitrogen and oxygen atoms in total. The first-order chi connectivity index (χ1) is 16.0. The molecule has 0 saturated carbocycles. The monoisotopic (exact) mass is 446 g/mol. The number of benzene rings is 3. The maximum atomic E-state index is 13.5. The molecule has 1 N–H and O–H groups in total. The second kappa shape index (κ2) is 9.56. The summed E-state index contributed by atoms with van der Waals surface area (Å²) in [7, 11) is 1.51.